The Balaban J connectivity index is 2.21. The quantitative estimate of drug-likeness (QED) is 0.755. The number of benzene rings is 1. The Bertz CT molecular complexity index is 563. The van der Waals surface area contributed by atoms with Crippen LogP contribution in [0.25, 0.3) is 11.4 Å². The van der Waals surface area contributed by atoms with Crippen LogP contribution in [0.3, 0.4) is 0 Å². The van der Waals surface area contributed by atoms with E-state index in [0.29, 0.717) is 12.4 Å². The maximum absolute atomic E-state index is 13.3. The maximum Gasteiger partial charge on any atom is 0.144 e. The van der Waals surface area contributed by atoms with Gasteiger partial charge in [0.1, 0.15) is 24.0 Å². The van der Waals surface area contributed by atoms with E-state index in [-0.39, 0.29) is 5.82 Å². The van der Waals surface area contributed by atoms with Crippen LogP contribution in [0.15, 0.2) is 24.4 Å². The molecule has 1 aromatic heterocycles. The number of rotatable bonds is 1. The van der Waals surface area contributed by atoms with Crippen molar-refractivity contribution in [1.29, 1.82) is 0 Å². The second-order valence-electron chi connectivity index (χ2n) is 4.09. The lowest BCUT2D eigenvalue weighted by atomic mass is 10.2. The Labute approximate surface area is 98.9 Å². The van der Waals surface area contributed by atoms with E-state index in [2.05, 4.69) is 11.9 Å². The number of aryl methyl sites for hydroxylation is 1. The molecule has 0 amide bonds. The largest absolute Gasteiger partial charge is 0.491 e. The number of aromatic nitrogens is 2. The van der Waals surface area contributed by atoms with Gasteiger partial charge in [-0.3, -0.25) is 0 Å². The molecule has 1 aliphatic heterocycles. The van der Waals surface area contributed by atoms with E-state index in [4.69, 9.17) is 4.74 Å². The normalized spacial score (nSPS) is 13.5. The van der Waals surface area contributed by atoms with Crippen LogP contribution in [0.5, 0.6) is 5.75 Å². The molecule has 0 unspecified atom stereocenters. The van der Waals surface area contributed by atoms with Gasteiger partial charge in [-0.1, -0.05) is 6.92 Å². The van der Waals surface area contributed by atoms with Gasteiger partial charge in [-0.2, -0.15) is 0 Å². The lowest BCUT2D eigenvalue weighted by Gasteiger charge is -2.05. The molecule has 0 saturated carbocycles. The first-order chi connectivity index (χ1) is 8.28. The molecule has 0 N–H and O–H groups in total. The van der Waals surface area contributed by atoms with E-state index < -0.39 is 0 Å². The van der Waals surface area contributed by atoms with Crippen LogP contribution in [0.2, 0.25) is 0 Å². The monoisotopic (exact) mass is 232 g/mol. The van der Waals surface area contributed by atoms with Gasteiger partial charge in [0, 0.05) is 6.20 Å². The Morgan fingerprint density at radius 1 is 1.47 bits per heavy atom. The van der Waals surface area contributed by atoms with Crippen LogP contribution >= 0.6 is 0 Å². The highest BCUT2D eigenvalue weighted by Gasteiger charge is 2.18. The standard InChI is InChI=1S/C13H13FN2O/c1-2-10-8-16-5-6-17-12-4-3-9(14)7-11(12)13(16)15-10/h3-4,7-8H,2,5-6H2,1H3. The average Bonchev–Trinajstić information content (AvgIpc) is 2.67. The zero-order valence-electron chi connectivity index (χ0n) is 9.61. The summed E-state index contributed by atoms with van der Waals surface area (Å²) in [5, 5.41) is 0. The SMILES string of the molecule is CCc1cn2c(n1)-c1cc(F)ccc1OCC2. The molecule has 4 heteroatoms. The molecule has 17 heavy (non-hydrogen) atoms. The minimum atomic E-state index is -0.262. The van der Waals surface area contributed by atoms with Gasteiger partial charge < -0.3 is 9.30 Å². The molecule has 2 heterocycles. The van der Waals surface area contributed by atoms with Crippen LogP contribution in [-0.2, 0) is 13.0 Å². The Morgan fingerprint density at radius 3 is 3.18 bits per heavy atom. The number of fused-ring (bicyclic) bond motifs is 3. The zero-order valence-corrected chi connectivity index (χ0v) is 9.61. The molecule has 3 rings (SSSR count). The van der Waals surface area contributed by atoms with Gasteiger partial charge in [0.25, 0.3) is 0 Å². The molecule has 0 atom stereocenters. The van der Waals surface area contributed by atoms with Crippen molar-refractivity contribution in [2.45, 2.75) is 19.9 Å². The van der Waals surface area contributed by atoms with Gasteiger partial charge in [-0.25, -0.2) is 9.37 Å². The highest BCUT2D eigenvalue weighted by molar-refractivity contribution is 5.65. The summed E-state index contributed by atoms with van der Waals surface area (Å²) in [5.74, 6) is 1.24. The number of ether oxygens (including phenoxy) is 1. The van der Waals surface area contributed by atoms with Crippen molar-refractivity contribution in [3.8, 4) is 17.1 Å². The molecule has 0 bridgehead atoms. The third-order valence-electron chi connectivity index (χ3n) is 2.96. The molecule has 0 radical (unpaired) electrons. The highest BCUT2D eigenvalue weighted by atomic mass is 19.1. The first-order valence-electron chi connectivity index (χ1n) is 5.76. The molecule has 0 spiro atoms. The van der Waals surface area contributed by atoms with Gasteiger partial charge in [0.15, 0.2) is 0 Å². The predicted octanol–water partition coefficient (Wildman–Crippen LogP) is 2.64. The van der Waals surface area contributed by atoms with E-state index in [1.165, 1.54) is 12.1 Å². The summed E-state index contributed by atoms with van der Waals surface area (Å²) in [6, 6.07) is 4.57. The fourth-order valence-electron chi connectivity index (χ4n) is 2.08. The van der Waals surface area contributed by atoms with Crippen molar-refractivity contribution >= 4 is 0 Å². The van der Waals surface area contributed by atoms with Crippen molar-refractivity contribution in [2.24, 2.45) is 0 Å². The van der Waals surface area contributed by atoms with Crippen LogP contribution in [0.1, 0.15) is 12.6 Å². The summed E-state index contributed by atoms with van der Waals surface area (Å²) >= 11 is 0. The minimum Gasteiger partial charge on any atom is -0.491 e. The topological polar surface area (TPSA) is 27.1 Å². The maximum atomic E-state index is 13.3. The lowest BCUT2D eigenvalue weighted by Crippen LogP contribution is -2.04. The molecule has 3 nitrogen and oxygen atoms in total. The minimum absolute atomic E-state index is 0.262. The Kier molecular flexibility index (Phi) is 2.35. The molecule has 0 aliphatic carbocycles. The molecule has 2 aromatic rings. The summed E-state index contributed by atoms with van der Waals surface area (Å²) < 4.78 is 20.9. The number of hydrogen-bond donors (Lipinski definition) is 0. The smallest absolute Gasteiger partial charge is 0.144 e. The lowest BCUT2D eigenvalue weighted by molar-refractivity contribution is 0.306. The third kappa shape index (κ3) is 1.69. The van der Waals surface area contributed by atoms with Crippen molar-refractivity contribution in [1.82, 2.24) is 9.55 Å². The summed E-state index contributed by atoms with van der Waals surface area (Å²) in [6.07, 6.45) is 2.89. The molecule has 1 aliphatic rings. The summed E-state index contributed by atoms with van der Waals surface area (Å²) in [6.45, 7) is 3.40. The molecular weight excluding hydrogens is 219 g/mol. The highest BCUT2D eigenvalue weighted by Crippen LogP contribution is 2.32. The van der Waals surface area contributed by atoms with Crippen LogP contribution in [0, 0.1) is 5.82 Å². The van der Waals surface area contributed by atoms with E-state index in [9.17, 15) is 4.39 Å². The van der Waals surface area contributed by atoms with Gasteiger partial charge in [-0.05, 0) is 24.6 Å². The van der Waals surface area contributed by atoms with Crippen molar-refractivity contribution in [3.05, 3.63) is 35.9 Å². The fraction of sp³-hybridized carbons (Fsp3) is 0.308. The molecule has 88 valence electrons. The number of imidazole rings is 1. The molecule has 0 saturated heterocycles. The van der Waals surface area contributed by atoms with Crippen LogP contribution in [0.4, 0.5) is 4.39 Å². The number of halogens is 1. The first-order valence-corrected chi connectivity index (χ1v) is 5.76. The van der Waals surface area contributed by atoms with E-state index in [0.717, 1.165) is 30.0 Å². The van der Waals surface area contributed by atoms with Gasteiger partial charge in [0.05, 0.1) is 17.8 Å². The molecular formula is C13H13FN2O. The van der Waals surface area contributed by atoms with E-state index >= 15 is 0 Å². The van der Waals surface area contributed by atoms with E-state index in [1.54, 1.807) is 6.07 Å². The zero-order chi connectivity index (χ0) is 11.8. The number of nitrogens with zero attached hydrogens (tertiary/aromatic N) is 2. The summed E-state index contributed by atoms with van der Waals surface area (Å²) in [5.41, 5.74) is 1.76. The molecule has 0 fully saturated rings. The van der Waals surface area contributed by atoms with Crippen molar-refractivity contribution in [2.75, 3.05) is 6.61 Å². The van der Waals surface area contributed by atoms with Gasteiger partial charge in [0.2, 0.25) is 0 Å². The first kappa shape index (κ1) is 10.3. The second-order valence-corrected chi connectivity index (χ2v) is 4.09. The predicted molar refractivity (Wildman–Crippen MR) is 62.5 cm³/mol. The summed E-state index contributed by atoms with van der Waals surface area (Å²) in [4.78, 5) is 4.53. The van der Waals surface area contributed by atoms with Gasteiger partial charge >= 0.3 is 0 Å². The van der Waals surface area contributed by atoms with Gasteiger partial charge in [-0.15, -0.1) is 0 Å². The third-order valence-corrected chi connectivity index (χ3v) is 2.96. The van der Waals surface area contributed by atoms with E-state index in [1.807, 2.05) is 10.8 Å². The van der Waals surface area contributed by atoms with Crippen LogP contribution in [-0.4, -0.2) is 16.2 Å². The van der Waals surface area contributed by atoms with Crippen LogP contribution < -0.4 is 4.74 Å². The second kappa shape index (κ2) is 3.87. The summed E-state index contributed by atoms with van der Waals surface area (Å²) in [7, 11) is 0. The fourth-order valence-corrected chi connectivity index (χ4v) is 2.08. The van der Waals surface area contributed by atoms with Crippen molar-refractivity contribution < 1.29 is 9.13 Å². The number of hydrogen-bond acceptors (Lipinski definition) is 2. The Hall–Kier alpha value is -1.84. The Morgan fingerprint density at radius 2 is 2.35 bits per heavy atom. The van der Waals surface area contributed by atoms with Crippen molar-refractivity contribution in [3.63, 3.8) is 0 Å². The average molecular weight is 232 g/mol. The molecule has 1 aromatic carbocycles.